The highest BCUT2D eigenvalue weighted by Gasteiger charge is 2.20. The topological polar surface area (TPSA) is 73.3 Å². The van der Waals surface area contributed by atoms with Crippen LogP contribution in [0, 0.1) is 0 Å². The Morgan fingerprint density at radius 2 is 2.21 bits per heavy atom. The molecule has 14 heavy (non-hydrogen) atoms. The summed E-state index contributed by atoms with van der Waals surface area (Å²) >= 11 is 8.63. The van der Waals surface area contributed by atoms with E-state index in [0.29, 0.717) is 5.02 Å². The number of aromatic amines is 1. The van der Waals surface area contributed by atoms with E-state index >= 15 is 0 Å². The van der Waals surface area contributed by atoms with E-state index in [1.807, 2.05) is 0 Å². The first-order chi connectivity index (χ1) is 6.56. The van der Waals surface area contributed by atoms with Crippen LogP contribution in [-0.2, 0) is 0 Å². The van der Waals surface area contributed by atoms with Gasteiger partial charge in [-0.25, -0.2) is 0 Å². The normalized spacial score (nSPS) is 15.1. The van der Waals surface area contributed by atoms with E-state index in [2.05, 4.69) is 20.9 Å². The summed E-state index contributed by atoms with van der Waals surface area (Å²) in [6.45, 7) is 0. The van der Waals surface area contributed by atoms with Crippen LogP contribution in [0.4, 0.5) is 0 Å². The SMILES string of the molecule is O=c1[nH]cc(Cl)cc1C(O)C(O)CBr. The monoisotopic (exact) mass is 281 g/mol. The molecule has 0 saturated heterocycles. The molecule has 4 nitrogen and oxygen atoms in total. The van der Waals surface area contributed by atoms with Gasteiger partial charge in [-0.15, -0.1) is 0 Å². The highest BCUT2D eigenvalue weighted by Crippen LogP contribution is 2.17. The fourth-order valence-electron chi connectivity index (χ4n) is 0.985. The number of hydrogen-bond donors (Lipinski definition) is 3. The molecule has 0 aliphatic rings. The molecule has 2 atom stereocenters. The number of hydrogen-bond acceptors (Lipinski definition) is 3. The van der Waals surface area contributed by atoms with Crippen LogP contribution in [0.5, 0.6) is 0 Å². The minimum Gasteiger partial charge on any atom is -0.389 e. The second-order valence-corrected chi connectivity index (χ2v) is 3.85. The Labute approximate surface area is 93.7 Å². The van der Waals surface area contributed by atoms with E-state index in [1.165, 1.54) is 12.3 Å². The van der Waals surface area contributed by atoms with Crippen LogP contribution in [0.2, 0.25) is 5.02 Å². The molecule has 3 N–H and O–H groups in total. The summed E-state index contributed by atoms with van der Waals surface area (Å²) in [6, 6.07) is 1.33. The summed E-state index contributed by atoms with van der Waals surface area (Å²) in [4.78, 5) is 13.6. The maximum atomic E-state index is 11.2. The molecular formula is C8H9BrClNO3. The number of aliphatic hydroxyl groups excluding tert-OH is 2. The Hall–Kier alpha value is -0.360. The molecule has 78 valence electrons. The highest BCUT2D eigenvalue weighted by molar-refractivity contribution is 9.09. The van der Waals surface area contributed by atoms with Crippen LogP contribution in [0.15, 0.2) is 17.1 Å². The quantitative estimate of drug-likeness (QED) is 0.719. The lowest BCUT2D eigenvalue weighted by Crippen LogP contribution is -2.26. The predicted octanol–water partition coefficient (Wildman–Crippen LogP) is 0.817. The van der Waals surface area contributed by atoms with E-state index in [-0.39, 0.29) is 10.9 Å². The van der Waals surface area contributed by atoms with Crippen LogP contribution in [-0.4, -0.2) is 26.6 Å². The summed E-state index contributed by atoms with van der Waals surface area (Å²) in [7, 11) is 0. The van der Waals surface area contributed by atoms with Crippen molar-refractivity contribution in [3.8, 4) is 0 Å². The molecule has 1 aromatic rings. The molecule has 0 amide bonds. The molecule has 0 radical (unpaired) electrons. The summed E-state index contributed by atoms with van der Waals surface area (Å²) in [5.41, 5.74) is -0.397. The molecule has 0 saturated carbocycles. The molecule has 0 aromatic carbocycles. The highest BCUT2D eigenvalue weighted by atomic mass is 79.9. The molecular weight excluding hydrogens is 273 g/mol. The lowest BCUT2D eigenvalue weighted by atomic mass is 10.1. The molecule has 1 rings (SSSR count). The zero-order valence-corrected chi connectivity index (χ0v) is 9.42. The third-order valence-electron chi connectivity index (χ3n) is 1.74. The molecule has 0 fully saturated rings. The van der Waals surface area contributed by atoms with Gasteiger partial charge >= 0.3 is 0 Å². The third kappa shape index (κ3) is 2.57. The van der Waals surface area contributed by atoms with Gasteiger partial charge in [0.2, 0.25) is 0 Å². The zero-order valence-electron chi connectivity index (χ0n) is 7.08. The predicted molar refractivity (Wildman–Crippen MR) is 56.8 cm³/mol. The maximum Gasteiger partial charge on any atom is 0.253 e. The van der Waals surface area contributed by atoms with Gasteiger partial charge < -0.3 is 15.2 Å². The Kier molecular flexibility index (Phi) is 4.12. The van der Waals surface area contributed by atoms with Gasteiger partial charge in [0.05, 0.1) is 11.1 Å². The van der Waals surface area contributed by atoms with Crippen LogP contribution in [0.1, 0.15) is 11.7 Å². The average molecular weight is 283 g/mol. The van der Waals surface area contributed by atoms with Gasteiger partial charge in [0.15, 0.2) is 0 Å². The van der Waals surface area contributed by atoms with Gasteiger partial charge in [-0.1, -0.05) is 27.5 Å². The maximum absolute atomic E-state index is 11.2. The number of H-pyrrole nitrogens is 1. The summed E-state index contributed by atoms with van der Waals surface area (Å²) < 4.78 is 0. The number of nitrogens with one attached hydrogen (secondary N) is 1. The van der Waals surface area contributed by atoms with Gasteiger partial charge in [0.25, 0.3) is 5.56 Å². The zero-order chi connectivity index (χ0) is 10.7. The summed E-state index contributed by atoms with van der Waals surface area (Å²) in [5.74, 6) is 0. The van der Waals surface area contributed by atoms with Crippen LogP contribution in [0.3, 0.4) is 0 Å². The minimum atomic E-state index is -1.24. The number of pyridine rings is 1. The molecule has 2 unspecified atom stereocenters. The fraction of sp³-hybridized carbons (Fsp3) is 0.375. The standard InChI is InChI=1S/C8H9BrClNO3/c9-2-6(12)7(13)5-1-4(10)3-11-8(5)14/h1,3,6-7,12-13H,2H2,(H,11,14). The van der Waals surface area contributed by atoms with Crippen LogP contribution in [0.25, 0.3) is 0 Å². The average Bonchev–Trinajstić information content (AvgIpc) is 2.19. The number of aliphatic hydroxyl groups is 2. The van der Waals surface area contributed by atoms with Crippen molar-refractivity contribution in [2.75, 3.05) is 5.33 Å². The summed E-state index contributed by atoms with van der Waals surface area (Å²) in [6.07, 6.45) is -0.952. The molecule has 0 bridgehead atoms. The van der Waals surface area contributed by atoms with E-state index in [1.54, 1.807) is 0 Å². The van der Waals surface area contributed by atoms with Crippen molar-refractivity contribution in [3.63, 3.8) is 0 Å². The van der Waals surface area contributed by atoms with E-state index < -0.39 is 17.8 Å². The Bertz CT molecular complexity index is 368. The van der Waals surface area contributed by atoms with Gasteiger partial charge in [-0.05, 0) is 6.07 Å². The van der Waals surface area contributed by atoms with Crippen LogP contribution >= 0.6 is 27.5 Å². The molecule has 1 aromatic heterocycles. The Morgan fingerprint density at radius 1 is 1.57 bits per heavy atom. The Balaban J connectivity index is 3.05. The number of halogens is 2. The number of aromatic nitrogens is 1. The van der Waals surface area contributed by atoms with Crippen molar-refractivity contribution >= 4 is 27.5 Å². The molecule has 1 heterocycles. The largest absolute Gasteiger partial charge is 0.389 e. The van der Waals surface area contributed by atoms with Gasteiger partial charge in [-0.2, -0.15) is 0 Å². The lowest BCUT2D eigenvalue weighted by Gasteiger charge is -2.14. The third-order valence-corrected chi connectivity index (χ3v) is 2.62. The smallest absolute Gasteiger partial charge is 0.253 e. The first kappa shape index (κ1) is 11.7. The first-order valence-electron chi connectivity index (χ1n) is 3.86. The molecule has 0 aliphatic carbocycles. The minimum absolute atomic E-state index is 0.0597. The van der Waals surface area contributed by atoms with E-state index in [0.717, 1.165) is 0 Å². The lowest BCUT2D eigenvalue weighted by molar-refractivity contribution is 0.0334. The van der Waals surface area contributed by atoms with Crippen molar-refractivity contribution in [2.24, 2.45) is 0 Å². The van der Waals surface area contributed by atoms with Crippen LogP contribution < -0.4 is 5.56 Å². The Morgan fingerprint density at radius 3 is 2.79 bits per heavy atom. The second kappa shape index (κ2) is 4.93. The first-order valence-corrected chi connectivity index (χ1v) is 5.36. The van der Waals surface area contributed by atoms with Gasteiger partial charge in [0.1, 0.15) is 6.10 Å². The number of alkyl halides is 1. The molecule has 6 heteroatoms. The van der Waals surface area contributed by atoms with Crippen molar-refractivity contribution < 1.29 is 10.2 Å². The van der Waals surface area contributed by atoms with E-state index in [4.69, 9.17) is 11.6 Å². The van der Waals surface area contributed by atoms with Gasteiger partial charge in [-0.3, -0.25) is 4.79 Å². The van der Waals surface area contributed by atoms with Crippen molar-refractivity contribution in [1.82, 2.24) is 4.98 Å². The van der Waals surface area contributed by atoms with Crippen molar-refractivity contribution in [1.29, 1.82) is 0 Å². The van der Waals surface area contributed by atoms with Crippen molar-refractivity contribution in [3.05, 3.63) is 33.2 Å². The molecule has 0 spiro atoms. The number of rotatable bonds is 3. The summed E-state index contributed by atoms with van der Waals surface area (Å²) in [5, 5.41) is 19.3. The van der Waals surface area contributed by atoms with Gasteiger partial charge in [0, 0.05) is 17.1 Å². The molecule has 0 aliphatic heterocycles. The van der Waals surface area contributed by atoms with Crippen molar-refractivity contribution in [2.45, 2.75) is 12.2 Å². The van der Waals surface area contributed by atoms with E-state index in [9.17, 15) is 15.0 Å². The second-order valence-electron chi connectivity index (χ2n) is 2.77. The fourth-order valence-corrected chi connectivity index (χ4v) is 1.51.